The molecule has 202 valence electrons. The van der Waals surface area contributed by atoms with Gasteiger partial charge < -0.3 is 15.2 Å². The van der Waals surface area contributed by atoms with E-state index in [2.05, 4.69) is 15.5 Å². The summed E-state index contributed by atoms with van der Waals surface area (Å²) in [6.07, 6.45) is 0.406. The second-order valence-corrected chi connectivity index (χ2v) is 10.5. The van der Waals surface area contributed by atoms with Gasteiger partial charge in [-0.25, -0.2) is 0 Å². The monoisotopic (exact) mass is 609 g/mol. The molecule has 0 spiro atoms. The van der Waals surface area contributed by atoms with Gasteiger partial charge >= 0.3 is 29.6 Å². The van der Waals surface area contributed by atoms with E-state index in [1.807, 2.05) is 6.92 Å². The number of rotatable bonds is 8. The average Bonchev–Trinajstić information content (AvgIpc) is 2.89. The topological polar surface area (TPSA) is 140 Å². The molecule has 2 N–H and O–H groups in total. The first-order valence-electron chi connectivity index (χ1n) is 11.7. The van der Waals surface area contributed by atoms with Crippen molar-refractivity contribution in [1.82, 2.24) is 0 Å². The van der Waals surface area contributed by atoms with Gasteiger partial charge in [0.15, 0.2) is 0 Å². The van der Waals surface area contributed by atoms with Crippen molar-refractivity contribution >= 4 is 67.1 Å². The number of azo groups is 1. The van der Waals surface area contributed by atoms with Crippen molar-refractivity contribution < 1.29 is 57.2 Å². The molecule has 4 aromatic carbocycles. The van der Waals surface area contributed by atoms with Gasteiger partial charge in [-0.15, -0.1) is 5.11 Å². The van der Waals surface area contributed by atoms with Crippen molar-refractivity contribution in [3.8, 4) is 11.5 Å². The fraction of sp³-hybridized carbons (Fsp3) is 0.148. The molecule has 0 saturated carbocycles. The Bertz CT molecular complexity index is 1730. The molecule has 0 radical (unpaired) electrons. The maximum atomic E-state index is 13.5. The molecule has 0 unspecified atom stereocenters. The quantitative estimate of drug-likeness (QED) is 0.175. The summed E-state index contributed by atoms with van der Waals surface area (Å²) in [6.45, 7) is 3.99. The fourth-order valence-electron chi connectivity index (χ4n) is 3.87. The van der Waals surface area contributed by atoms with Gasteiger partial charge in [0, 0.05) is 22.0 Å². The molecule has 9 nitrogen and oxygen atoms in total. The second kappa shape index (κ2) is 13.3. The van der Waals surface area contributed by atoms with Gasteiger partial charge in [0.1, 0.15) is 16.3 Å². The minimum Gasteiger partial charge on any atom is -0.870 e. The summed E-state index contributed by atoms with van der Waals surface area (Å²) in [4.78, 5) is 12.7. The zero-order valence-electron chi connectivity index (χ0n) is 21.7. The van der Waals surface area contributed by atoms with Crippen LogP contribution in [0.1, 0.15) is 29.8 Å². The van der Waals surface area contributed by atoms with Crippen molar-refractivity contribution in [1.29, 1.82) is 0 Å². The first-order chi connectivity index (χ1) is 18.5. The van der Waals surface area contributed by atoms with E-state index < -0.39 is 26.7 Å². The number of halogens is 2. The van der Waals surface area contributed by atoms with Crippen LogP contribution in [0.5, 0.6) is 11.5 Å². The van der Waals surface area contributed by atoms with E-state index in [9.17, 15) is 22.9 Å². The smallest absolute Gasteiger partial charge is 0.870 e. The van der Waals surface area contributed by atoms with Gasteiger partial charge in [0.2, 0.25) is 0 Å². The van der Waals surface area contributed by atoms with Gasteiger partial charge in [-0.05, 0) is 54.6 Å². The summed E-state index contributed by atoms with van der Waals surface area (Å²) >= 11 is 12.5. The third kappa shape index (κ3) is 6.95. The summed E-state index contributed by atoms with van der Waals surface area (Å²) in [5.74, 6) is -1.02. The number of fused-ring (bicyclic) bond motifs is 1. The van der Waals surface area contributed by atoms with Crippen molar-refractivity contribution in [3.63, 3.8) is 0 Å². The molecule has 0 aliphatic heterocycles. The van der Waals surface area contributed by atoms with Crippen LogP contribution in [0.25, 0.3) is 10.8 Å². The molecule has 40 heavy (non-hydrogen) atoms. The molecule has 4 aromatic rings. The minimum atomic E-state index is -4.69. The number of amides is 1. The van der Waals surface area contributed by atoms with Crippen molar-refractivity contribution in [2.24, 2.45) is 10.2 Å². The standard InChI is InChI=1S/C27H23Cl2N3O6S.Na/c1-3-15-12-24(39(35,36)37)23(14-21(15)29)31-32-25-18-8-6-5-7-16(18)11-19(26(25)33)27(34)30-22-13-17(38-4-2)9-10-20(22)28;/h5-14,33H,3-4H2,1-2H3,(H,30,34)(H,35,36,37);/q;+1/p-1. The van der Waals surface area contributed by atoms with Crippen LogP contribution < -0.4 is 44.7 Å². The molecule has 0 aliphatic carbocycles. The predicted molar refractivity (Wildman–Crippen MR) is 149 cm³/mol. The summed E-state index contributed by atoms with van der Waals surface area (Å²) in [5.41, 5.74) is 0.00703. The number of ether oxygens (including phenoxy) is 1. The van der Waals surface area contributed by atoms with Crippen LogP contribution in [0.4, 0.5) is 17.1 Å². The molecule has 0 bridgehead atoms. The van der Waals surface area contributed by atoms with Gasteiger partial charge in [0.05, 0.1) is 23.0 Å². The summed E-state index contributed by atoms with van der Waals surface area (Å²) in [5, 5.41) is 25.4. The molecule has 0 aliphatic rings. The Hall–Kier alpha value is -2.70. The van der Waals surface area contributed by atoms with Gasteiger partial charge in [-0.3, -0.25) is 9.35 Å². The van der Waals surface area contributed by atoms with Gasteiger partial charge in [-0.1, -0.05) is 60.1 Å². The van der Waals surface area contributed by atoms with Crippen molar-refractivity contribution in [2.45, 2.75) is 25.2 Å². The molecule has 0 saturated heterocycles. The Balaban J connectivity index is 0.00000441. The molecule has 13 heteroatoms. The van der Waals surface area contributed by atoms with Gasteiger partial charge in [-0.2, -0.15) is 13.5 Å². The number of carbonyl (C=O) groups is 1. The van der Waals surface area contributed by atoms with Crippen LogP contribution in [-0.2, 0) is 16.5 Å². The first-order valence-corrected chi connectivity index (χ1v) is 13.9. The summed E-state index contributed by atoms with van der Waals surface area (Å²) < 4.78 is 39.2. The summed E-state index contributed by atoms with van der Waals surface area (Å²) in [6, 6.07) is 15.3. The molecule has 0 aromatic heterocycles. The minimum absolute atomic E-state index is 0. The molecular formula is C27H22Cl2N3NaO6S. The number of benzene rings is 4. The van der Waals surface area contributed by atoms with E-state index in [1.54, 1.807) is 43.3 Å². The molecule has 4 rings (SSSR count). The van der Waals surface area contributed by atoms with E-state index in [1.165, 1.54) is 24.3 Å². The van der Waals surface area contributed by atoms with Crippen molar-refractivity contribution in [2.75, 3.05) is 11.9 Å². The largest absolute Gasteiger partial charge is 1.00 e. The van der Waals surface area contributed by atoms with Crippen molar-refractivity contribution in [3.05, 3.63) is 81.8 Å². The molecule has 0 atom stereocenters. The van der Waals surface area contributed by atoms with E-state index in [0.29, 0.717) is 35.1 Å². The maximum Gasteiger partial charge on any atom is 1.00 e. The van der Waals surface area contributed by atoms with Crippen LogP contribution in [0.3, 0.4) is 0 Å². The maximum absolute atomic E-state index is 13.5. The molecule has 1 amide bonds. The zero-order chi connectivity index (χ0) is 28.3. The van der Waals surface area contributed by atoms with E-state index >= 15 is 0 Å². The predicted octanol–water partition coefficient (Wildman–Crippen LogP) is 4.10. The number of hydrogen-bond acceptors (Lipinski definition) is 7. The molecule has 0 heterocycles. The van der Waals surface area contributed by atoms with Crippen LogP contribution >= 0.6 is 23.2 Å². The Morgan fingerprint density at radius 3 is 2.42 bits per heavy atom. The SMILES string of the molecule is CCOc1ccc(Cl)c(NC(=O)c2cc3ccccc3c(N=Nc3cc(Cl)c(CC)cc3S(=O)(=O)O)c2[O-])c1.[Na+]. The van der Waals surface area contributed by atoms with E-state index in [0.717, 1.165) is 0 Å². The third-order valence-electron chi connectivity index (χ3n) is 5.76. The number of hydrogen-bond donors (Lipinski definition) is 2. The van der Waals surface area contributed by atoms with E-state index in [-0.39, 0.29) is 62.2 Å². The van der Waals surface area contributed by atoms with E-state index in [4.69, 9.17) is 27.9 Å². The first kappa shape index (κ1) is 31.8. The Morgan fingerprint density at radius 1 is 1.02 bits per heavy atom. The molecule has 0 fully saturated rings. The Morgan fingerprint density at radius 2 is 1.75 bits per heavy atom. The normalized spacial score (nSPS) is 11.4. The summed E-state index contributed by atoms with van der Waals surface area (Å²) in [7, 11) is -4.69. The Labute approximate surface area is 263 Å². The number of aryl methyl sites for hydroxylation is 1. The Kier molecular flexibility index (Phi) is 10.6. The van der Waals surface area contributed by atoms with Crippen LogP contribution in [0.15, 0.2) is 75.8 Å². The fourth-order valence-corrected chi connectivity index (χ4v) is 4.98. The third-order valence-corrected chi connectivity index (χ3v) is 7.33. The zero-order valence-corrected chi connectivity index (χ0v) is 26.1. The second-order valence-electron chi connectivity index (χ2n) is 8.29. The number of carbonyl (C=O) groups excluding carboxylic acids is 1. The number of nitrogens with zero attached hydrogens (tertiary/aromatic N) is 2. The van der Waals surface area contributed by atoms with Crippen LogP contribution in [-0.4, -0.2) is 25.5 Å². The average molecular weight is 610 g/mol. The number of nitrogens with one attached hydrogen (secondary N) is 1. The van der Waals surface area contributed by atoms with Crippen LogP contribution in [0.2, 0.25) is 10.0 Å². The van der Waals surface area contributed by atoms with Gasteiger partial charge in [0.25, 0.3) is 16.0 Å². The molecular weight excluding hydrogens is 588 g/mol. The number of anilines is 1. The van der Waals surface area contributed by atoms with Crippen LogP contribution in [0, 0.1) is 0 Å².